The van der Waals surface area contributed by atoms with Crippen LogP contribution in [0, 0.1) is 0 Å². The van der Waals surface area contributed by atoms with Crippen LogP contribution in [0.2, 0.25) is 0 Å². The molecule has 0 saturated heterocycles. The quantitative estimate of drug-likeness (QED) is 0.714. The summed E-state index contributed by atoms with van der Waals surface area (Å²) in [5.41, 5.74) is 0. The highest BCUT2D eigenvalue weighted by molar-refractivity contribution is 9.10. The summed E-state index contributed by atoms with van der Waals surface area (Å²) in [4.78, 5) is 3.79. The minimum Gasteiger partial charge on any atom is -0.380 e. The van der Waals surface area contributed by atoms with Gasteiger partial charge in [0.05, 0.1) is 6.61 Å². The number of rotatable bonds is 7. The molecular weight excluding hydrogens is 274 g/mol. The SMILES string of the molecule is CCOCCN(CC)Cc1sccc1Br. The number of thiophene rings is 1. The molecule has 86 valence electrons. The fraction of sp³-hybridized carbons (Fsp3) is 0.636. The van der Waals surface area contributed by atoms with Crippen molar-refractivity contribution in [2.75, 3.05) is 26.3 Å². The molecule has 0 spiro atoms. The predicted molar refractivity (Wildman–Crippen MR) is 69.5 cm³/mol. The smallest absolute Gasteiger partial charge is 0.0593 e. The highest BCUT2D eigenvalue weighted by Crippen LogP contribution is 2.23. The van der Waals surface area contributed by atoms with E-state index in [4.69, 9.17) is 4.74 Å². The third-order valence-corrected chi connectivity index (χ3v) is 4.17. The van der Waals surface area contributed by atoms with E-state index in [1.54, 1.807) is 11.3 Å². The Bertz CT molecular complexity index is 277. The average molecular weight is 292 g/mol. The fourth-order valence-electron chi connectivity index (χ4n) is 1.33. The Kier molecular flexibility index (Phi) is 6.48. The number of likely N-dealkylation sites (N-methyl/N-ethyl adjacent to an activating group) is 1. The predicted octanol–water partition coefficient (Wildman–Crippen LogP) is 3.37. The van der Waals surface area contributed by atoms with Crippen molar-refractivity contribution in [3.05, 3.63) is 20.8 Å². The van der Waals surface area contributed by atoms with Crippen LogP contribution in [-0.4, -0.2) is 31.2 Å². The Morgan fingerprint density at radius 3 is 2.80 bits per heavy atom. The maximum atomic E-state index is 5.37. The van der Waals surface area contributed by atoms with Crippen LogP contribution in [0.1, 0.15) is 18.7 Å². The van der Waals surface area contributed by atoms with Gasteiger partial charge < -0.3 is 4.74 Å². The fourth-order valence-corrected chi connectivity index (χ4v) is 2.85. The number of ether oxygens (including phenoxy) is 1. The number of hydrogen-bond acceptors (Lipinski definition) is 3. The number of nitrogens with zero attached hydrogens (tertiary/aromatic N) is 1. The van der Waals surface area contributed by atoms with E-state index < -0.39 is 0 Å². The lowest BCUT2D eigenvalue weighted by atomic mass is 10.4. The third kappa shape index (κ3) is 4.64. The maximum absolute atomic E-state index is 5.37. The second-order valence-electron chi connectivity index (χ2n) is 3.26. The summed E-state index contributed by atoms with van der Waals surface area (Å²) in [6, 6.07) is 2.11. The molecule has 0 aliphatic heterocycles. The molecule has 0 amide bonds. The molecule has 0 radical (unpaired) electrons. The van der Waals surface area contributed by atoms with Gasteiger partial charge in [0.1, 0.15) is 0 Å². The summed E-state index contributed by atoms with van der Waals surface area (Å²) in [6.07, 6.45) is 0. The summed E-state index contributed by atoms with van der Waals surface area (Å²) in [6.45, 7) is 8.95. The number of hydrogen-bond donors (Lipinski definition) is 0. The van der Waals surface area contributed by atoms with Crippen molar-refractivity contribution in [2.45, 2.75) is 20.4 Å². The van der Waals surface area contributed by atoms with Gasteiger partial charge in [-0.2, -0.15) is 0 Å². The van der Waals surface area contributed by atoms with E-state index >= 15 is 0 Å². The molecule has 0 unspecified atom stereocenters. The van der Waals surface area contributed by atoms with E-state index in [2.05, 4.69) is 39.2 Å². The van der Waals surface area contributed by atoms with Crippen LogP contribution in [0.4, 0.5) is 0 Å². The van der Waals surface area contributed by atoms with Gasteiger partial charge in [0, 0.05) is 29.0 Å². The lowest BCUT2D eigenvalue weighted by Gasteiger charge is -2.19. The molecule has 0 bridgehead atoms. The van der Waals surface area contributed by atoms with E-state index in [1.807, 2.05) is 6.92 Å². The van der Waals surface area contributed by atoms with Crippen molar-refractivity contribution < 1.29 is 4.74 Å². The van der Waals surface area contributed by atoms with E-state index in [1.165, 1.54) is 9.35 Å². The first kappa shape index (κ1) is 13.2. The topological polar surface area (TPSA) is 12.5 Å². The summed E-state index contributed by atoms with van der Waals surface area (Å²) >= 11 is 5.36. The second kappa shape index (κ2) is 7.39. The molecule has 15 heavy (non-hydrogen) atoms. The molecule has 1 rings (SSSR count). The zero-order valence-corrected chi connectivity index (χ0v) is 11.7. The molecule has 1 aromatic heterocycles. The van der Waals surface area contributed by atoms with Gasteiger partial charge in [-0.05, 0) is 40.8 Å². The Labute approximate surface area is 104 Å². The highest BCUT2D eigenvalue weighted by atomic mass is 79.9. The van der Waals surface area contributed by atoms with Gasteiger partial charge in [0.25, 0.3) is 0 Å². The minimum absolute atomic E-state index is 0.806. The Morgan fingerprint density at radius 1 is 1.47 bits per heavy atom. The number of halogens is 1. The molecule has 0 N–H and O–H groups in total. The normalized spacial score (nSPS) is 11.2. The molecular formula is C11H18BrNOS. The molecule has 0 aliphatic rings. The standard InChI is InChI=1S/C11H18BrNOS/c1-3-13(6-7-14-4-2)9-11-10(12)5-8-15-11/h5,8H,3-4,6-7,9H2,1-2H3. The summed E-state index contributed by atoms with van der Waals surface area (Å²) in [7, 11) is 0. The molecule has 4 heteroatoms. The van der Waals surface area contributed by atoms with Gasteiger partial charge in [0.15, 0.2) is 0 Å². The van der Waals surface area contributed by atoms with Crippen LogP contribution in [0.3, 0.4) is 0 Å². The van der Waals surface area contributed by atoms with Gasteiger partial charge >= 0.3 is 0 Å². The van der Waals surface area contributed by atoms with E-state index in [9.17, 15) is 0 Å². The van der Waals surface area contributed by atoms with Gasteiger partial charge in [-0.25, -0.2) is 0 Å². The van der Waals surface area contributed by atoms with Crippen LogP contribution in [0.15, 0.2) is 15.9 Å². The van der Waals surface area contributed by atoms with E-state index in [-0.39, 0.29) is 0 Å². The van der Waals surface area contributed by atoms with Crippen molar-refractivity contribution in [1.29, 1.82) is 0 Å². The van der Waals surface area contributed by atoms with Crippen LogP contribution in [0.5, 0.6) is 0 Å². The monoisotopic (exact) mass is 291 g/mol. The van der Waals surface area contributed by atoms with Crippen LogP contribution in [0.25, 0.3) is 0 Å². The van der Waals surface area contributed by atoms with Gasteiger partial charge in [-0.3, -0.25) is 4.90 Å². The lowest BCUT2D eigenvalue weighted by molar-refractivity contribution is 0.113. The van der Waals surface area contributed by atoms with Crippen molar-refractivity contribution >= 4 is 27.3 Å². The summed E-state index contributed by atoms with van der Waals surface area (Å²) in [5.74, 6) is 0. The molecule has 0 saturated carbocycles. The molecule has 1 aromatic rings. The Hall–Kier alpha value is 0.100. The average Bonchev–Trinajstić information content (AvgIpc) is 2.63. The third-order valence-electron chi connectivity index (χ3n) is 2.26. The summed E-state index contributed by atoms with van der Waals surface area (Å²) in [5, 5.41) is 2.12. The molecule has 0 atom stereocenters. The molecule has 0 aliphatic carbocycles. The lowest BCUT2D eigenvalue weighted by Crippen LogP contribution is -2.26. The van der Waals surface area contributed by atoms with Crippen LogP contribution < -0.4 is 0 Å². The van der Waals surface area contributed by atoms with Crippen molar-refractivity contribution in [1.82, 2.24) is 4.90 Å². The Morgan fingerprint density at radius 2 is 2.27 bits per heavy atom. The van der Waals surface area contributed by atoms with Gasteiger partial charge in [-0.15, -0.1) is 11.3 Å². The van der Waals surface area contributed by atoms with Crippen molar-refractivity contribution in [3.8, 4) is 0 Å². The molecule has 2 nitrogen and oxygen atoms in total. The first-order chi connectivity index (χ1) is 7.27. The van der Waals surface area contributed by atoms with Gasteiger partial charge in [0.2, 0.25) is 0 Å². The first-order valence-corrected chi connectivity index (χ1v) is 6.97. The van der Waals surface area contributed by atoms with Crippen molar-refractivity contribution in [3.63, 3.8) is 0 Å². The van der Waals surface area contributed by atoms with E-state index in [0.29, 0.717) is 0 Å². The second-order valence-corrected chi connectivity index (χ2v) is 5.11. The van der Waals surface area contributed by atoms with Crippen LogP contribution in [-0.2, 0) is 11.3 Å². The van der Waals surface area contributed by atoms with Crippen molar-refractivity contribution in [2.24, 2.45) is 0 Å². The zero-order chi connectivity index (χ0) is 11.1. The minimum atomic E-state index is 0.806. The van der Waals surface area contributed by atoms with E-state index in [0.717, 1.165) is 32.8 Å². The maximum Gasteiger partial charge on any atom is 0.0593 e. The zero-order valence-electron chi connectivity index (χ0n) is 9.33. The highest BCUT2D eigenvalue weighted by Gasteiger charge is 2.07. The first-order valence-electron chi connectivity index (χ1n) is 5.29. The Balaban J connectivity index is 2.36. The summed E-state index contributed by atoms with van der Waals surface area (Å²) < 4.78 is 6.59. The molecule has 0 fully saturated rings. The largest absolute Gasteiger partial charge is 0.380 e. The van der Waals surface area contributed by atoms with Gasteiger partial charge in [-0.1, -0.05) is 6.92 Å². The molecule has 0 aromatic carbocycles. The molecule has 1 heterocycles. The van der Waals surface area contributed by atoms with Crippen LogP contribution >= 0.6 is 27.3 Å².